The Morgan fingerprint density at radius 2 is 1.89 bits per heavy atom. The van der Waals surface area contributed by atoms with Gasteiger partial charge in [0, 0.05) is 38.6 Å². The summed E-state index contributed by atoms with van der Waals surface area (Å²) in [7, 11) is 2.10. The molecule has 5 rings (SSSR count). The predicted molar refractivity (Wildman–Crippen MR) is 109 cm³/mol. The van der Waals surface area contributed by atoms with E-state index in [9.17, 15) is 0 Å². The Bertz CT molecular complexity index is 756. The molecule has 2 saturated heterocycles. The monoisotopic (exact) mass is 364 g/mol. The Morgan fingerprint density at radius 3 is 2.56 bits per heavy atom. The summed E-state index contributed by atoms with van der Waals surface area (Å²) in [6.07, 6.45) is 10.9. The summed E-state index contributed by atoms with van der Waals surface area (Å²) in [5.41, 5.74) is 2.07. The van der Waals surface area contributed by atoms with Crippen LogP contribution < -0.4 is 0 Å². The van der Waals surface area contributed by atoms with E-state index < -0.39 is 0 Å². The van der Waals surface area contributed by atoms with E-state index in [0.717, 1.165) is 12.6 Å². The number of aryl methyl sites for hydroxylation is 1. The molecule has 4 heteroatoms. The van der Waals surface area contributed by atoms with Gasteiger partial charge in [0.15, 0.2) is 0 Å². The molecule has 2 aromatic rings. The maximum absolute atomic E-state index is 4.52. The lowest BCUT2D eigenvalue weighted by Gasteiger charge is -2.50. The lowest BCUT2D eigenvalue weighted by atomic mass is 9.68. The minimum atomic E-state index is 0.513. The van der Waals surface area contributed by atoms with Crippen molar-refractivity contribution in [3.05, 3.63) is 54.1 Å². The number of imidazole rings is 1. The van der Waals surface area contributed by atoms with E-state index in [-0.39, 0.29) is 0 Å². The number of nitrogens with zero attached hydrogens (tertiary/aromatic N) is 4. The van der Waals surface area contributed by atoms with Crippen molar-refractivity contribution < 1.29 is 0 Å². The Kier molecular flexibility index (Phi) is 4.57. The van der Waals surface area contributed by atoms with Crippen LogP contribution in [0.4, 0.5) is 0 Å². The van der Waals surface area contributed by atoms with E-state index in [4.69, 9.17) is 0 Å². The minimum Gasteiger partial charge on any atom is -0.337 e. The van der Waals surface area contributed by atoms with Gasteiger partial charge in [0.2, 0.25) is 0 Å². The van der Waals surface area contributed by atoms with Crippen LogP contribution >= 0.6 is 0 Å². The molecule has 1 aromatic carbocycles. The smallest absolute Gasteiger partial charge is 0.122 e. The van der Waals surface area contributed by atoms with Crippen molar-refractivity contribution >= 4 is 0 Å². The average molecular weight is 365 g/mol. The van der Waals surface area contributed by atoms with E-state index in [2.05, 4.69) is 62.9 Å². The molecule has 1 saturated carbocycles. The second-order valence-corrected chi connectivity index (χ2v) is 9.20. The molecule has 27 heavy (non-hydrogen) atoms. The van der Waals surface area contributed by atoms with Gasteiger partial charge < -0.3 is 4.57 Å². The normalized spacial score (nSPS) is 26.5. The molecular formula is C23H32N4. The highest BCUT2D eigenvalue weighted by atomic mass is 15.2. The van der Waals surface area contributed by atoms with Crippen LogP contribution in [0, 0.1) is 5.41 Å². The van der Waals surface area contributed by atoms with Crippen molar-refractivity contribution in [1.29, 1.82) is 0 Å². The minimum absolute atomic E-state index is 0.513. The molecule has 0 N–H and O–H groups in total. The van der Waals surface area contributed by atoms with E-state index in [1.165, 1.54) is 64.1 Å². The van der Waals surface area contributed by atoms with Crippen molar-refractivity contribution in [2.45, 2.75) is 50.6 Å². The molecule has 0 bridgehead atoms. The van der Waals surface area contributed by atoms with E-state index in [1.54, 1.807) is 5.56 Å². The molecule has 1 aromatic heterocycles. The molecule has 1 spiro atoms. The van der Waals surface area contributed by atoms with Gasteiger partial charge in [-0.05, 0) is 62.1 Å². The Hall–Kier alpha value is -1.65. The van der Waals surface area contributed by atoms with E-state index in [1.807, 2.05) is 6.20 Å². The predicted octanol–water partition coefficient (Wildman–Crippen LogP) is 3.65. The Balaban J connectivity index is 1.29. The van der Waals surface area contributed by atoms with Crippen LogP contribution in [0.5, 0.6) is 0 Å². The van der Waals surface area contributed by atoms with Crippen LogP contribution in [-0.4, -0.2) is 51.6 Å². The topological polar surface area (TPSA) is 24.3 Å². The number of benzene rings is 1. The van der Waals surface area contributed by atoms with Gasteiger partial charge >= 0.3 is 0 Å². The zero-order chi connectivity index (χ0) is 18.3. The van der Waals surface area contributed by atoms with Crippen molar-refractivity contribution in [1.82, 2.24) is 19.4 Å². The van der Waals surface area contributed by atoms with Crippen LogP contribution in [0.1, 0.15) is 49.4 Å². The second-order valence-electron chi connectivity index (χ2n) is 9.20. The van der Waals surface area contributed by atoms with Crippen molar-refractivity contribution in [3.8, 4) is 0 Å². The molecule has 2 aliphatic heterocycles. The molecule has 3 fully saturated rings. The summed E-state index contributed by atoms with van der Waals surface area (Å²) in [4.78, 5) is 9.98. The molecule has 1 atom stereocenters. The zero-order valence-electron chi connectivity index (χ0n) is 16.6. The maximum Gasteiger partial charge on any atom is 0.122 e. The van der Waals surface area contributed by atoms with Gasteiger partial charge in [-0.1, -0.05) is 30.3 Å². The van der Waals surface area contributed by atoms with Gasteiger partial charge in [-0.2, -0.15) is 0 Å². The highest BCUT2D eigenvalue weighted by Gasteiger charge is 2.45. The second kappa shape index (κ2) is 7.06. The molecule has 0 radical (unpaired) electrons. The Morgan fingerprint density at radius 1 is 1.11 bits per heavy atom. The van der Waals surface area contributed by atoms with Crippen molar-refractivity contribution in [2.75, 3.05) is 26.2 Å². The molecule has 4 nitrogen and oxygen atoms in total. The van der Waals surface area contributed by atoms with Crippen LogP contribution in [0.2, 0.25) is 0 Å². The molecular weight excluding hydrogens is 332 g/mol. The number of hydrogen-bond donors (Lipinski definition) is 0. The van der Waals surface area contributed by atoms with Gasteiger partial charge in [-0.15, -0.1) is 0 Å². The Labute approximate surface area is 163 Å². The van der Waals surface area contributed by atoms with Gasteiger partial charge in [0.25, 0.3) is 0 Å². The number of likely N-dealkylation sites (tertiary alicyclic amines) is 2. The largest absolute Gasteiger partial charge is 0.337 e. The maximum atomic E-state index is 4.52. The zero-order valence-corrected chi connectivity index (χ0v) is 16.6. The summed E-state index contributed by atoms with van der Waals surface area (Å²) < 4.78 is 2.16. The van der Waals surface area contributed by atoms with Gasteiger partial charge in [0.05, 0.1) is 6.54 Å². The molecule has 0 amide bonds. The van der Waals surface area contributed by atoms with E-state index >= 15 is 0 Å². The molecule has 3 heterocycles. The summed E-state index contributed by atoms with van der Waals surface area (Å²) >= 11 is 0. The van der Waals surface area contributed by atoms with Gasteiger partial charge in [0.1, 0.15) is 5.82 Å². The number of rotatable bonds is 4. The molecule has 0 unspecified atom stereocenters. The first-order valence-corrected chi connectivity index (χ1v) is 10.7. The quantitative estimate of drug-likeness (QED) is 0.828. The third-order valence-corrected chi connectivity index (χ3v) is 7.21. The van der Waals surface area contributed by atoms with Gasteiger partial charge in [-0.3, -0.25) is 9.80 Å². The third kappa shape index (κ3) is 3.70. The number of hydrogen-bond acceptors (Lipinski definition) is 3. The van der Waals surface area contributed by atoms with Crippen LogP contribution in [0.15, 0.2) is 42.7 Å². The summed E-state index contributed by atoms with van der Waals surface area (Å²) in [6.45, 7) is 6.03. The third-order valence-electron chi connectivity index (χ3n) is 7.21. The lowest BCUT2D eigenvalue weighted by molar-refractivity contribution is 0.00756. The highest BCUT2D eigenvalue weighted by molar-refractivity contribution is 5.22. The molecule has 144 valence electrons. The first kappa shape index (κ1) is 17.4. The first-order chi connectivity index (χ1) is 13.2. The van der Waals surface area contributed by atoms with Crippen molar-refractivity contribution in [2.24, 2.45) is 12.5 Å². The summed E-state index contributed by atoms with van der Waals surface area (Å²) in [5.74, 6) is 1.90. The fourth-order valence-corrected chi connectivity index (χ4v) is 5.39. The fraction of sp³-hybridized carbons (Fsp3) is 0.609. The fourth-order valence-electron chi connectivity index (χ4n) is 5.39. The highest BCUT2D eigenvalue weighted by Crippen LogP contribution is 2.47. The molecule has 1 aliphatic carbocycles. The van der Waals surface area contributed by atoms with Crippen LogP contribution in [0.25, 0.3) is 0 Å². The lowest BCUT2D eigenvalue weighted by Crippen LogP contribution is -2.52. The number of piperidine rings is 2. The number of aromatic nitrogens is 2. The van der Waals surface area contributed by atoms with Crippen LogP contribution in [0.3, 0.4) is 0 Å². The summed E-state index contributed by atoms with van der Waals surface area (Å²) in [6, 6.07) is 12.2. The van der Waals surface area contributed by atoms with Crippen molar-refractivity contribution in [3.63, 3.8) is 0 Å². The molecule has 3 aliphatic rings. The average Bonchev–Trinajstić information content (AvgIpc) is 3.48. The van der Waals surface area contributed by atoms with E-state index in [0.29, 0.717) is 11.3 Å². The first-order valence-electron chi connectivity index (χ1n) is 10.7. The van der Waals surface area contributed by atoms with Gasteiger partial charge in [-0.25, -0.2) is 4.98 Å². The summed E-state index contributed by atoms with van der Waals surface area (Å²) in [5, 5.41) is 0. The SMILES string of the molecule is Cn1ccnc1CN1CCC2(CC1)C[C@H](c1ccccc1)CN(C1CC1)C2. The standard InChI is InChI=1S/C23H32N4/c1-25-14-11-24-22(25)17-26-12-9-23(10-13-26)15-20(19-5-3-2-4-6-19)16-27(18-23)21-7-8-21/h2-6,11,14,20-21H,7-10,12-13,15-18H2,1H3/t20-/m0/s1. The van der Waals surface area contributed by atoms with Crippen LogP contribution in [-0.2, 0) is 13.6 Å².